The molecule has 1 N–H and O–H groups in total. The van der Waals surface area contributed by atoms with Gasteiger partial charge >= 0.3 is 0 Å². The molecule has 0 radical (unpaired) electrons. The van der Waals surface area contributed by atoms with Crippen molar-refractivity contribution in [3.05, 3.63) is 24.3 Å². The number of ether oxygens (including phenoxy) is 2. The predicted octanol–water partition coefficient (Wildman–Crippen LogP) is 3.49. The van der Waals surface area contributed by atoms with Crippen molar-refractivity contribution in [2.24, 2.45) is 5.41 Å². The largest absolute Gasteiger partial charge is 0.497 e. The molecule has 0 spiro atoms. The first-order valence-electron chi connectivity index (χ1n) is 6.93. The molecule has 0 unspecified atom stereocenters. The van der Waals surface area contributed by atoms with E-state index in [9.17, 15) is 0 Å². The van der Waals surface area contributed by atoms with Crippen LogP contribution in [0.3, 0.4) is 0 Å². The van der Waals surface area contributed by atoms with Crippen LogP contribution in [0.5, 0.6) is 11.5 Å². The Morgan fingerprint density at radius 3 is 2.21 bits per heavy atom. The van der Waals surface area contributed by atoms with E-state index in [1.807, 2.05) is 24.3 Å². The number of hydrogen-bond acceptors (Lipinski definition) is 3. The van der Waals surface area contributed by atoms with Crippen molar-refractivity contribution in [3.63, 3.8) is 0 Å². The third-order valence-electron chi connectivity index (χ3n) is 3.10. The van der Waals surface area contributed by atoms with Crippen LogP contribution in [-0.2, 0) is 0 Å². The Morgan fingerprint density at radius 2 is 1.68 bits per heavy atom. The highest BCUT2D eigenvalue weighted by molar-refractivity contribution is 5.31. The van der Waals surface area contributed by atoms with Crippen molar-refractivity contribution >= 4 is 0 Å². The lowest BCUT2D eigenvalue weighted by Crippen LogP contribution is -2.34. The van der Waals surface area contributed by atoms with E-state index in [1.165, 1.54) is 0 Å². The smallest absolute Gasteiger partial charge is 0.119 e. The molecule has 0 heterocycles. The van der Waals surface area contributed by atoms with E-state index in [-0.39, 0.29) is 5.41 Å². The maximum atomic E-state index is 5.76. The monoisotopic (exact) mass is 265 g/mol. The molecular weight excluding hydrogens is 238 g/mol. The van der Waals surface area contributed by atoms with Gasteiger partial charge in [0.1, 0.15) is 11.5 Å². The van der Waals surface area contributed by atoms with Crippen LogP contribution in [-0.4, -0.2) is 26.3 Å². The van der Waals surface area contributed by atoms with Crippen molar-refractivity contribution < 1.29 is 9.47 Å². The van der Waals surface area contributed by atoms with Crippen molar-refractivity contribution in [2.45, 2.75) is 40.2 Å². The molecule has 0 aliphatic carbocycles. The summed E-state index contributed by atoms with van der Waals surface area (Å²) in [4.78, 5) is 0. The molecule has 1 rings (SSSR count). The van der Waals surface area contributed by atoms with Crippen LogP contribution in [0.15, 0.2) is 24.3 Å². The van der Waals surface area contributed by atoms with Gasteiger partial charge in [-0.15, -0.1) is 0 Å². The van der Waals surface area contributed by atoms with E-state index in [0.29, 0.717) is 6.04 Å². The number of hydrogen-bond donors (Lipinski definition) is 1. The van der Waals surface area contributed by atoms with Crippen LogP contribution in [0, 0.1) is 5.41 Å². The van der Waals surface area contributed by atoms with Gasteiger partial charge in [-0.3, -0.25) is 0 Å². The molecule has 1 aromatic rings. The normalized spacial score (nSPS) is 11.7. The summed E-state index contributed by atoms with van der Waals surface area (Å²) in [6, 6.07) is 8.25. The van der Waals surface area contributed by atoms with Crippen molar-refractivity contribution in [1.82, 2.24) is 5.32 Å². The Hall–Kier alpha value is -1.22. The molecule has 0 aromatic heterocycles. The molecule has 0 amide bonds. The number of nitrogens with one attached hydrogen (secondary N) is 1. The second-order valence-electron chi connectivity index (χ2n) is 5.97. The molecule has 0 fully saturated rings. The topological polar surface area (TPSA) is 30.5 Å². The van der Waals surface area contributed by atoms with Gasteiger partial charge in [0.2, 0.25) is 0 Å². The predicted molar refractivity (Wildman–Crippen MR) is 80.0 cm³/mol. The highest BCUT2D eigenvalue weighted by Crippen LogP contribution is 2.21. The maximum Gasteiger partial charge on any atom is 0.119 e. The van der Waals surface area contributed by atoms with Gasteiger partial charge in [0.15, 0.2) is 0 Å². The summed E-state index contributed by atoms with van der Waals surface area (Å²) in [5, 5.41) is 3.48. The quantitative estimate of drug-likeness (QED) is 0.780. The lowest BCUT2D eigenvalue weighted by Gasteiger charge is -2.26. The first-order chi connectivity index (χ1) is 8.93. The van der Waals surface area contributed by atoms with Crippen LogP contribution in [0.4, 0.5) is 0 Å². The summed E-state index contributed by atoms with van der Waals surface area (Å²) in [7, 11) is 1.67. The average molecular weight is 265 g/mol. The second-order valence-corrected chi connectivity index (χ2v) is 5.97. The molecule has 0 atom stereocenters. The van der Waals surface area contributed by atoms with E-state index >= 15 is 0 Å². The Morgan fingerprint density at radius 1 is 1.11 bits per heavy atom. The maximum absolute atomic E-state index is 5.76. The third-order valence-corrected chi connectivity index (χ3v) is 3.10. The Bertz CT molecular complexity index is 358. The van der Waals surface area contributed by atoms with Gasteiger partial charge in [-0.05, 0) is 36.1 Å². The minimum atomic E-state index is 0.247. The van der Waals surface area contributed by atoms with Crippen LogP contribution in [0.25, 0.3) is 0 Å². The van der Waals surface area contributed by atoms with E-state index in [0.717, 1.165) is 31.1 Å². The second kappa shape index (κ2) is 7.39. The molecule has 108 valence electrons. The minimum Gasteiger partial charge on any atom is -0.497 e. The summed E-state index contributed by atoms with van der Waals surface area (Å²) in [5.41, 5.74) is 0.247. The zero-order valence-electron chi connectivity index (χ0n) is 12.8. The Kier molecular flexibility index (Phi) is 6.16. The van der Waals surface area contributed by atoms with Gasteiger partial charge in [0, 0.05) is 12.6 Å². The summed E-state index contributed by atoms with van der Waals surface area (Å²) < 4.78 is 10.9. The zero-order chi connectivity index (χ0) is 14.3. The van der Waals surface area contributed by atoms with E-state index in [4.69, 9.17) is 9.47 Å². The van der Waals surface area contributed by atoms with Crippen molar-refractivity contribution in [3.8, 4) is 11.5 Å². The first-order valence-corrected chi connectivity index (χ1v) is 6.93. The third kappa shape index (κ3) is 6.48. The lowest BCUT2D eigenvalue weighted by atomic mass is 9.89. The van der Waals surface area contributed by atoms with Crippen LogP contribution >= 0.6 is 0 Å². The van der Waals surface area contributed by atoms with Crippen LogP contribution < -0.4 is 14.8 Å². The first kappa shape index (κ1) is 15.8. The highest BCUT2D eigenvalue weighted by Gasteiger charge is 2.17. The lowest BCUT2D eigenvalue weighted by molar-refractivity contribution is 0.219. The number of rotatable bonds is 8. The fourth-order valence-electron chi connectivity index (χ4n) is 1.69. The molecule has 0 aliphatic heterocycles. The summed E-state index contributed by atoms with van der Waals surface area (Å²) in [6.45, 7) is 10.6. The van der Waals surface area contributed by atoms with Gasteiger partial charge < -0.3 is 14.8 Å². The molecule has 0 saturated carbocycles. The molecule has 3 nitrogen and oxygen atoms in total. The van der Waals surface area contributed by atoms with Crippen LogP contribution in [0.1, 0.15) is 34.1 Å². The zero-order valence-corrected chi connectivity index (χ0v) is 12.8. The van der Waals surface area contributed by atoms with E-state index < -0.39 is 0 Å². The summed E-state index contributed by atoms with van der Waals surface area (Å²) in [5.74, 6) is 1.75. The SMILES string of the molecule is COc1ccc(OCCC(C)(C)CNC(C)C)cc1. The average Bonchev–Trinajstić information content (AvgIpc) is 2.37. The molecule has 19 heavy (non-hydrogen) atoms. The van der Waals surface area contributed by atoms with E-state index in [2.05, 4.69) is 33.0 Å². The summed E-state index contributed by atoms with van der Waals surface area (Å²) >= 11 is 0. The number of benzene rings is 1. The van der Waals surface area contributed by atoms with Crippen molar-refractivity contribution in [1.29, 1.82) is 0 Å². The van der Waals surface area contributed by atoms with Gasteiger partial charge in [-0.25, -0.2) is 0 Å². The van der Waals surface area contributed by atoms with E-state index in [1.54, 1.807) is 7.11 Å². The minimum absolute atomic E-state index is 0.247. The Balaban J connectivity index is 2.31. The standard InChI is InChI=1S/C16H27NO2/c1-13(2)17-12-16(3,4)10-11-19-15-8-6-14(18-5)7-9-15/h6-9,13,17H,10-12H2,1-5H3. The molecule has 0 bridgehead atoms. The molecule has 0 aliphatic rings. The van der Waals surface area contributed by atoms with Gasteiger partial charge in [0.05, 0.1) is 13.7 Å². The number of methoxy groups -OCH3 is 1. The Labute approximate surface area is 117 Å². The molecule has 1 aromatic carbocycles. The highest BCUT2D eigenvalue weighted by atomic mass is 16.5. The molecular formula is C16H27NO2. The van der Waals surface area contributed by atoms with Crippen molar-refractivity contribution in [2.75, 3.05) is 20.3 Å². The van der Waals surface area contributed by atoms with Crippen LogP contribution in [0.2, 0.25) is 0 Å². The fourth-order valence-corrected chi connectivity index (χ4v) is 1.69. The molecule has 3 heteroatoms. The molecule has 0 saturated heterocycles. The van der Waals surface area contributed by atoms with Gasteiger partial charge in [-0.2, -0.15) is 0 Å². The fraction of sp³-hybridized carbons (Fsp3) is 0.625. The van der Waals surface area contributed by atoms with Gasteiger partial charge in [0.25, 0.3) is 0 Å². The van der Waals surface area contributed by atoms with Gasteiger partial charge in [-0.1, -0.05) is 27.7 Å². The summed E-state index contributed by atoms with van der Waals surface area (Å²) in [6.07, 6.45) is 1.03.